The second-order valence-electron chi connectivity index (χ2n) is 10.2. The van der Waals surface area contributed by atoms with Crippen molar-refractivity contribution in [1.29, 1.82) is 0 Å². The molecular weight excluding hydrogens is 435 g/mol. The second kappa shape index (κ2) is 18.3. The lowest BCUT2D eigenvalue weighted by atomic mass is 9.97. The third-order valence-corrected chi connectivity index (χ3v) is 6.87. The van der Waals surface area contributed by atoms with Crippen molar-refractivity contribution in [3.8, 4) is 17.1 Å². The summed E-state index contributed by atoms with van der Waals surface area (Å²) >= 11 is 0. The standard InChI is InChI=1S/C31H49FN2O/c1-4-6-8-9-10-11-12-16-27-18-20-28(21-19-27)31-33-24-30(25-34-31)35-23-22-29(32)17-13-15-26(3)14-7-5-2/h18-21,24-26,29H,4-17,22-23H2,1-3H3. The fourth-order valence-electron chi connectivity index (χ4n) is 4.48. The van der Waals surface area contributed by atoms with Crippen molar-refractivity contribution in [3.05, 3.63) is 42.2 Å². The molecule has 35 heavy (non-hydrogen) atoms. The molecule has 3 nitrogen and oxygen atoms in total. The molecule has 0 amide bonds. The van der Waals surface area contributed by atoms with E-state index in [1.54, 1.807) is 12.4 Å². The van der Waals surface area contributed by atoms with Crippen LogP contribution in [0.15, 0.2) is 36.7 Å². The van der Waals surface area contributed by atoms with Crippen LogP contribution in [-0.2, 0) is 6.42 Å². The first kappa shape index (κ1) is 29.3. The molecule has 0 bridgehead atoms. The molecule has 0 aliphatic heterocycles. The molecule has 2 unspecified atom stereocenters. The Morgan fingerprint density at radius 2 is 1.37 bits per heavy atom. The van der Waals surface area contributed by atoms with Crippen LogP contribution in [0.4, 0.5) is 4.39 Å². The molecule has 0 radical (unpaired) electrons. The summed E-state index contributed by atoms with van der Waals surface area (Å²) in [7, 11) is 0. The minimum absolute atomic E-state index is 0.364. The quantitative estimate of drug-likeness (QED) is 0.175. The summed E-state index contributed by atoms with van der Waals surface area (Å²) in [6, 6.07) is 8.57. The first-order chi connectivity index (χ1) is 17.1. The van der Waals surface area contributed by atoms with Gasteiger partial charge >= 0.3 is 0 Å². The minimum atomic E-state index is -0.798. The summed E-state index contributed by atoms with van der Waals surface area (Å²) in [5, 5.41) is 0. The van der Waals surface area contributed by atoms with Crippen LogP contribution in [0.2, 0.25) is 0 Å². The van der Waals surface area contributed by atoms with Gasteiger partial charge in [0.2, 0.25) is 0 Å². The lowest BCUT2D eigenvalue weighted by Crippen LogP contribution is -2.08. The van der Waals surface area contributed by atoms with Gasteiger partial charge in [-0.05, 0) is 30.7 Å². The molecule has 1 aromatic carbocycles. The Bertz CT molecular complexity index is 763. The summed E-state index contributed by atoms with van der Waals surface area (Å²) in [6.07, 6.45) is 20.0. The van der Waals surface area contributed by atoms with E-state index in [4.69, 9.17) is 4.74 Å². The van der Waals surface area contributed by atoms with E-state index in [-0.39, 0.29) is 0 Å². The van der Waals surface area contributed by atoms with Crippen LogP contribution in [0.5, 0.6) is 5.75 Å². The highest BCUT2D eigenvalue weighted by Gasteiger charge is 2.09. The lowest BCUT2D eigenvalue weighted by Gasteiger charge is -2.13. The molecule has 2 atom stereocenters. The number of rotatable bonds is 20. The van der Waals surface area contributed by atoms with Gasteiger partial charge in [-0.3, -0.25) is 0 Å². The zero-order valence-corrected chi connectivity index (χ0v) is 22.6. The van der Waals surface area contributed by atoms with Crippen LogP contribution in [0.25, 0.3) is 11.4 Å². The number of benzene rings is 1. The normalized spacial score (nSPS) is 13.0. The minimum Gasteiger partial charge on any atom is -0.490 e. The van der Waals surface area contributed by atoms with Crippen molar-refractivity contribution in [3.63, 3.8) is 0 Å². The van der Waals surface area contributed by atoms with E-state index in [9.17, 15) is 4.39 Å². The predicted molar refractivity (Wildman–Crippen MR) is 147 cm³/mol. The summed E-state index contributed by atoms with van der Waals surface area (Å²) in [6.45, 7) is 7.13. The number of unbranched alkanes of at least 4 members (excludes halogenated alkanes) is 7. The van der Waals surface area contributed by atoms with Crippen LogP contribution >= 0.6 is 0 Å². The maximum atomic E-state index is 14.2. The number of ether oxygens (including phenoxy) is 1. The Kier molecular flexibility index (Phi) is 15.3. The number of aryl methyl sites for hydroxylation is 1. The summed E-state index contributed by atoms with van der Waals surface area (Å²) in [4.78, 5) is 8.90. The van der Waals surface area contributed by atoms with Gasteiger partial charge in [-0.15, -0.1) is 0 Å². The Labute approximate surface area is 214 Å². The summed E-state index contributed by atoms with van der Waals surface area (Å²) in [5.41, 5.74) is 2.38. The molecule has 0 N–H and O–H groups in total. The molecule has 0 saturated carbocycles. The average Bonchev–Trinajstić information content (AvgIpc) is 2.88. The Morgan fingerprint density at radius 1 is 0.743 bits per heavy atom. The van der Waals surface area contributed by atoms with Gasteiger partial charge in [-0.2, -0.15) is 0 Å². The fourth-order valence-corrected chi connectivity index (χ4v) is 4.48. The molecule has 0 fully saturated rings. The van der Waals surface area contributed by atoms with Gasteiger partial charge in [0.05, 0.1) is 19.0 Å². The van der Waals surface area contributed by atoms with Gasteiger partial charge < -0.3 is 4.74 Å². The molecule has 0 spiro atoms. The number of nitrogens with zero attached hydrogens (tertiary/aromatic N) is 2. The number of alkyl halides is 1. The highest BCUT2D eigenvalue weighted by Crippen LogP contribution is 2.20. The van der Waals surface area contributed by atoms with Crippen LogP contribution in [0.3, 0.4) is 0 Å². The van der Waals surface area contributed by atoms with E-state index in [2.05, 4.69) is 55.0 Å². The molecule has 0 saturated heterocycles. The molecule has 0 aliphatic carbocycles. The number of hydrogen-bond acceptors (Lipinski definition) is 3. The summed E-state index contributed by atoms with van der Waals surface area (Å²) < 4.78 is 19.9. The van der Waals surface area contributed by atoms with Gasteiger partial charge in [0, 0.05) is 12.0 Å². The zero-order valence-electron chi connectivity index (χ0n) is 22.6. The molecule has 1 heterocycles. The van der Waals surface area contributed by atoms with E-state index in [1.807, 2.05) is 0 Å². The van der Waals surface area contributed by atoms with Crippen molar-refractivity contribution >= 4 is 0 Å². The molecular formula is C31H49FN2O. The van der Waals surface area contributed by atoms with Gasteiger partial charge in [0.1, 0.15) is 6.17 Å². The van der Waals surface area contributed by atoms with Gasteiger partial charge in [-0.1, -0.05) is 116 Å². The molecule has 2 aromatic rings. The number of aromatic nitrogens is 2. The molecule has 1 aromatic heterocycles. The molecule has 0 aliphatic rings. The highest BCUT2D eigenvalue weighted by molar-refractivity contribution is 5.55. The van der Waals surface area contributed by atoms with E-state index in [1.165, 1.54) is 69.8 Å². The summed E-state index contributed by atoms with van der Waals surface area (Å²) in [5.74, 6) is 2.00. The fraction of sp³-hybridized carbons (Fsp3) is 0.677. The van der Waals surface area contributed by atoms with Crippen LogP contribution < -0.4 is 4.74 Å². The van der Waals surface area contributed by atoms with E-state index < -0.39 is 6.17 Å². The van der Waals surface area contributed by atoms with Gasteiger partial charge in [0.15, 0.2) is 11.6 Å². The zero-order chi connectivity index (χ0) is 25.1. The Morgan fingerprint density at radius 3 is 2.06 bits per heavy atom. The molecule has 196 valence electrons. The highest BCUT2D eigenvalue weighted by atomic mass is 19.1. The number of hydrogen-bond donors (Lipinski definition) is 0. The van der Waals surface area contributed by atoms with E-state index >= 15 is 0 Å². The third kappa shape index (κ3) is 13.1. The van der Waals surface area contributed by atoms with E-state index in [0.29, 0.717) is 36.9 Å². The maximum Gasteiger partial charge on any atom is 0.159 e. The van der Waals surface area contributed by atoms with Crippen molar-refractivity contribution in [2.45, 2.75) is 123 Å². The second-order valence-corrected chi connectivity index (χ2v) is 10.2. The topological polar surface area (TPSA) is 35.0 Å². The Balaban J connectivity index is 1.63. The average molecular weight is 485 g/mol. The van der Waals surface area contributed by atoms with Crippen LogP contribution in [0.1, 0.15) is 116 Å². The van der Waals surface area contributed by atoms with Crippen LogP contribution in [-0.4, -0.2) is 22.7 Å². The van der Waals surface area contributed by atoms with E-state index in [0.717, 1.165) is 24.8 Å². The maximum absolute atomic E-state index is 14.2. The van der Waals surface area contributed by atoms with Crippen LogP contribution in [0, 0.1) is 5.92 Å². The smallest absolute Gasteiger partial charge is 0.159 e. The van der Waals surface area contributed by atoms with Crippen molar-refractivity contribution in [1.82, 2.24) is 9.97 Å². The first-order valence-electron chi connectivity index (χ1n) is 14.3. The molecule has 2 rings (SSSR count). The van der Waals surface area contributed by atoms with Crippen molar-refractivity contribution < 1.29 is 9.13 Å². The largest absolute Gasteiger partial charge is 0.490 e. The predicted octanol–water partition coefficient (Wildman–Crippen LogP) is 9.54. The SMILES string of the molecule is CCCCCCCCCc1ccc(-c2ncc(OCCC(F)CCCC(C)CCCC)cn2)cc1. The van der Waals surface area contributed by atoms with Crippen molar-refractivity contribution in [2.75, 3.05) is 6.61 Å². The molecule has 4 heteroatoms. The van der Waals surface area contributed by atoms with Gasteiger partial charge in [0.25, 0.3) is 0 Å². The lowest BCUT2D eigenvalue weighted by molar-refractivity contribution is 0.219. The third-order valence-electron chi connectivity index (χ3n) is 6.87. The van der Waals surface area contributed by atoms with Crippen molar-refractivity contribution in [2.24, 2.45) is 5.92 Å². The Hall–Kier alpha value is -1.97. The monoisotopic (exact) mass is 484 g/mol. The first-order valence-corrected chi connectivity index (χ1v) is 14.3. The number of halogens is 1. The van der Waals surface area contributed by atoms with Gasteiger partial charge in [-0.25, -0.2) is 14.4 Å².